The highest BCUT2D eigenvalue weighted by atomic mass is 31.2. The quantitative estimate of drug-likeness (QED) is 0.122. The predicted octanol–water partition coefficient (Wildman–Crippen LogP) is 5.92. The zero-order valence-corrected chi connectivity index (χ0v) is 30.8. The molecular weight excluding hydrogens is 657 g/mol. The maximum Gasteiger partial charge on any atom is 0.330 e. The van der Waals surface area contributed by atoms with Gasteiger partial charge in [-0.2, -0.15) is 0 Å². The van der Waals surface area contributed by atoms with Crippen LogP contribution < -0.4 is 20.7 Å². The Hall–Kier alpha value is -3.83. The minimum Gasteiger partial charge on any atom is -0.497 e. The summed E-state index contributed by atoms with van der Waals surface area (Å²) in [6, 6.07) is 25.2. The topological polar surface area (TPSA) is 124 Å². The summed E-state index contributed by atoms with van der Waals surface area (Å²) in [7, 11) is 3.21. The van der Waals surface area contributed by atoms with Gasteiger partial charge in [0.25, 0.3) is 14.1 Å². The van der Waals surface area contributed by atoms with E-state index in [2.05, 4.69) is 37.3 Å². The van der Waals surface area contributed by atoms with E-state index < -0.39 is 49.7 Å². The number of hydrogen-bond donors (Lipinski definition) is 2. The van der Waals surface area contributed by atoms with Gasteiger partial charge in [-0.3, -0.25) is 14.3 Å². The molecule has 0 spiro atoms. The Labute approximate surface area is 294 Å². The van der Waals surface area contributed by atoms with Gasteiger partial charge in [0.2, 0.25) is 0 Å². The van der Waals surface area contributed by atoms with Gasteiger partial charge >= 0.3 is 5.69 Å². The monoisotopic (exact) mass is 705 g/mol. The maximum atomic E-state index is 13.2. The molecule has 268 valence electrons. The minimum absolute atomic E-state index is 0.0917. The first-order valence-electron chi connectivity index (χ1n) is 16.8. The van der Waals surface area contributed by atoms with Crippen LogP contribution >= 0.6 is 8.53 Å². The van der Waals surface area contributed by atoms with Gasteiger partial charge in [-0.15, -0.1) is 0 Å². The van der Waals surface area contributed by atoms with Crippen molar-refractivity contribution in [2.75, 3.05) is 21.3 Å². The minimum atomic E-state index is -1.62. The summed E-state index contributed by atoms with van der Waals surface area (Å²) in [6.07, 6.45) is -2.16. The number of nitrogens with one attached hydrogen (secondary N) is 1. The lowest BCUT2D eigenvalue weighted by Gasteiger charge is -2.44. The fourth-order valence-electron chi connectivity index (χ4n) is 6.97. The highest BCUT2D eigenvalue weighted by molar-refractivity contribution is 7.44. The molecule has 2 heterocycles. The van der Waals surface area contributed by atoms with E-state index in [1.165, 1.54) is 10.8 Å². The molecule has 50 heavy (non-hydrogen) atoms. The number of aryl methyl sites for hydroxylation is 1. The molecule has 1 aliphatic rings. The van der Waals surface area contributed by atoms with Crippen LogP contribution in [0.3, 0.4) is 0 Å². The van der Waals surface area contributed by atoms with Gasteiger partial charge in [-0.05, 0) is 75.6 Å². The molecule has 1 saturated heterocycles. The predicted molar refractivity (Wildman–Crippen MR) is 194 cm³/mol. The first-order chi connectivity index (χ1) is 24.0. The summed E-state index contributed by atoms with van der Waals surface area (Å²) in [5.41, 5.74) is 0.441. The summed E-state index contributed by atoms with van der Waals surface area (Å²) in [6.45, 7) is 9.94. The van der Waals surface area contributed by atoms with Gasteiger partial charge in [0, 0.05) is 37.4 Å². The van der Waals surface area contributed by atoms with Crippen molar-refractivity contribution in [1.82, 2.24) is 14.2 Å². The van der Waals surface area contributed by atoms with Crippen molar-refractivity contribution in [3.63, 3.8) is 0 Å². The number of rotatable bonds is 14. The largest absolute Gasteiger partial charge is 0.497 e. The van der Waals surface area contributed by atoms with Crippen molar-refractivity contribution in [3.05, 3.63) is 128 Å². The van der Waals surface area contributed by atoms with Crippen molar-refractivity contribution >= 4 is 8.53 Å². The molecule has 1 fully saturated rings. The fraction of sp³-hybridized carbons (Fsp3) is 0.421. The number of aliphatic hydroxyl groups is 1. The Morgan fingerprint density at radius 2 is 1.38 bits per heavy atom. The molecule has 0 radical (unpaired) electrons. The summed E-state index contributed by atoms with van der Waals surface area (Å²) >= 11 is 0. The van der Waals surface area contributed by atoms with Gasteiger partial charge in [0.1, 0.15) is 29.9 Å². The van der Waals surface area contributed by atoms with E-state index in [0.717, 1.165) is 16.7 Å². The Morgan fingerprint density at radius 3 is 1.86 bits per heavy atom. The molecule has 4 aromatic rings. The molecule has 3 aromatic carbocycles. The lowest BCUT2D eigenvalue weighted by molar-refractivity contribution is -0.0951. The van der Waals surface area contributed by atoms with Crippen LogP contribution in [0, 0.1) is 6.92 Å². The second kappa shape index (κ2) is 16.0. The average molecular weight is 706 g/mol. The third kappa shape index (κ3) is 7.30. The van der Waals surface area contributed by atoms with Crippen LogP contribution in [0.5, 0.6) is 11.5 Å². The number of aromatic nitrogens is 2. The van der Waals surface area contributed by atoms with Crippen LogP contribution in [0.15, 0.2) is 94.6 Å². The summed E-state index contributed by atoms with van der Waals surface area (Å²) in [4.78, 5) is 27.9. The molecule has 0 amide bonds. The lowest BCUT2D eigenvalue weighted by atomic mass is 9.64. The average Bonchev–Trinajstić information content (AvgIpc) is 3.53. The Balaban J connectivity index is 1.73. The molecule has 1 aliphatic heterocycles. The van der Waals surface area contributed by atoms with E-state index in [4.69, 9.17) is 23.3 Å². The molecule has 2 unspecified atom stereocenters. The summed E-state index contributed by atoms with van der Waals surface area (Å²) < 4.78 is 34.2. The van der Waals surface area contributed by atoms with E-state index in [9.17, 15) is 14.7 Å². The smallest absolute Gasteiger partial charge is 0.330 e. The maximum absolute atomic E-state index is 13.2. The van der Waals surface area contributed by atoms with Crippen molar-refractivity contribution in [3.8, 4) is 11.5 Å². The SMILES string of the molecule is COc1ccc(C(c2ccccc2)(c2ccc(OC)cc2)C(O)[C@H]2O[C@@H](n3cc(C)c(=O)[nH]c3=O)C[C@@H]2OP(OC)N(C(C)C)C(C)C)cc1. The molecule has 5 atom stereocenters. The number of aliphatic hydroxyl groups excluding tert-OH is 1. The summed E-state index contributed by atoms with van der Waals surface area (Å²) in [5.74, 6) is 1.33. The molecule has 1 aromatic heterocycles. The normalized spacial score (nSPS) is 19.2. The van der Waals surface area contributed by atoms with Crippen LogP contribution in [0.4, 0.5) is 0 Å². The zero-order chi connectivity index (χ0) is 36.2. The molecular formula is C38H48N3O8P. The van der Waals surface area contributed by atoms with Gasteiger partial charge < -0.3 is 28.4 Å². The first-order valence-corrected chi connectivity index (χ1v) is 17.9. The van der Waals surface area contributed by atoms with Crippen LogP contribution in [-0.4, -0.2) is 71.1 Å². The van der Waals surface area contributed by atoms with Crippen LogP contribution in [-0.2, 0) is 19.2 Å². The number of benzene rings is 3. The number of nitrogens with zero attached hydrogens (tertiary/aromatic N) is 2. The molecule has 12 heteroatoms. The third-order valence-corrected chi connectivity index (χ3v) is 11.3. The van der Waals surface area contributed by atoms with Crippen molar-refractivity contribution in [2.45, 2.75) is 83.1 Å². The van der Waals surface area contributed by atoms with Crippen molar-refractivity contribution < 1.29 is 28.4 Å². The van der Waals surface area contributed by atoms with Crippen LogP contribution in [0.1, 0.15) is 62.6 Å². The van der Waals surface area contributed by atoms with Gasteiger partial charge in [0.05, 0.1) is 25.7 Å². The van der Waals surface area contributed by atoms with Gasteiger partial charge in [-0.1, -0.05) is 54.6 Å². The fourth-order valence-corrected chi connectivity index (χ4v) is 8.54. The highest BCUT2D eigenvalue weighted by Gasteiger charge is 2.54. The number of aromatic amines is 1. The van der Waals surface area contributed by atoms with Gasteiger partial charge in [0.15, 0.2) is 0 Å². The molecule has 2 N–H and O–H groups in total. The number of H-pyrrole nitrogens is 1. The second-order valence-corrected chi connectivity index (χ2v) is 14.5. The molecule has 11 nitrogen and oxygen atoms in total. The lowest BCUT2D eigenvalue weighted by Crippen LogP contribution is -2.52. The van der Waals surface area contributed by atoms with E-state index in [-0.39, 0.29) is 18.5 Å². The molecule has 0 aliphatic carbocycles. The standard InChI is InChI=1S/C38H48N3O8P/c1-24(2)41(25(3)4)50(47-8)49-32-22-33(40-23-26(5)36(43)39-37(40)44)48-34(32)35(42)38(27-12-10-9-11-13-27,28-14-18-30(45-6)19-15-28)29-16-20-31(46-7)21-17-29/h9-21,23-25,32-35,42H,22H2,1-8H3,(H,39,43,44)/t32-,33+,34-,35?,50?/m0/s1. The van der Waals surface area contributed by atoms with Crippen molar-refractivity contribution in [2.24, 2.45) is 0 Å². The van der Waals surface area contributed by atoms with Gasteiger partial charge in [-0.25, -0.2) is 9.46 Å². The van der Waals surface area contributed by atoms with E-state index in [1.807, 2.05) is 78.9 Å². The second-order valence-electron chi connectivity index (χ2n) is 13.0. The zero-order valence-electron chi connectivity index (χ0n) is 29.9. The summed E-state index contributed by atoms with van der Waals surface area (Å²) in [5, 5.41) is 13.2. The number of hydrogen-bond acceptors (Lipinski definition) is 9. The van der Waals surface area contributed by atoms with Crippen LogP contribution in [0.2, 0.25) is 0 Å². The van der Waals surface area contributed by atoms with E-state index in [0.29, 0.717) is 17.1 Å². The Kier molecular flexibility index (Phi) is 12.0. The first kappa shape index (κ1) is 37.4. The molecule has 0 bridgehead atoms. The van der Waals surface area contributed by atoms with E-state index in [1.54, 1.807) is 28.3 Å². The Morgan fingerprint density at radius 1 is 0.860 bits per heavy atom. The highest BCUT2D eigenvalue weighted by Crippen LogP contribution is 2.52. The van der Waals surface area contributed by atoms with Crippen LogP contribution in [0.25, 0.3) is 0 Å². The third-order valence-electron chi connectivity index (χ3n) is 9.27. The number of methoxy groups -OCH3 is 2. The Bertz CT molecular complexity index is 1760. The molecule has 0 saturated carbocycles. The van der Waals surface area contributed by atoms with Crippen molar-refractivity contribution in [1.29, 1.82) is 0 Å². The molecule has 5 rings (SSSR count). The van der Waals surface area contributed by atoms with E-state index >= 15 is 0 Å². The number of ether oxygens (including phenoxy) is 3.